The zero-order chi connectivity index (χ0) is 11.8. The van der Waals surface area contributed by atoms with Crippen LogP contribution in [-0.4, -0.2) is 41.6 Å². The van der Waals surface area contributed by atoms with Gasteiger partial charge in [0.25, 0.3) is 0 Å². The van der Waals surface area contributed by atoms with Crippen molar-refractivity contribution >= 4 is 29.2 Å². The molecule has 0 saturated carbocycles. The number of halogens is 1. The zero-order valence-electron chi connectivity index (χ0n) is 9.23. The lowest BCUT2D eigenvalue weighted by Crippen LogP contribution is -2.37. The first-order valence-corrected chi connectivity index (χ1v) is 6.81. The number of morpholine rings is 1. The minimum Gasteiger partial charge on any atom is -0.378 e. The Hall–Kier alpha value is -0.560. The quantitative estimate of drug-likeness (QED) is 0.767. The van der Waals surface area contributed by atoms with Crippen LogP contribution in [-0.2, 0) is 11.2 Å². The lowest BCUT2D eigenvalue weighted by Gasteiger charge is -2.29. The molecule has 3 rings (SSSR count). The highest BCUT2D eigenvalue weighted by Gasteiger charge is 2.28. The van der Waals surface area contributed by atoms with Crippen molar-refractivity contribution in [1.82, 2.24) is 9.97 Å². The van der Waals surface area contributed by atoms with Crippen LogP contribution in [0.15, 0.2) is 4.90 Å². The van der Waals surface area contributed by atoms with Crippen molar-refractivity contribution in [3.8, 4) is 0 Å². The van der Waals surface area contributed by atoms with Crippen LogP contribution in [0.1, 0.15) is 5.69 Å². The zero-order valence-corrected chi connectivity index (χ0v) is 10.8. The molecule has 0 bridgehead atoms. The second-order valence-corrected chi connectivity index (χ2v) is 5.64. The van der Waals surface area contributed by atoms with Crippen molar-refractivity contribution in [3.05, 3.63) is 11.0 Å². The van der Waals surface area contributed by atoms with E-state index in [0.29, 0.717) is 5.28 Å². The molecule has 0 spiro atoms. The van der Waals surface area contributed by atoms with Gasteiger partial charge in [-0.3, -0.25) is 0 Å². The van der Waals surface area contributed by atoms with E-state index in [4.69, 9.17) is 22.1 Å². The van der Waals surface area contributed by atoms with Crippen LogP contribution < -0.4 is 10.6 Å². The number of nitrogens with zero attached hydrogens (tertiary/aromatic N) is 3. The van der Waals surface area contributed by atoms with Gasteiger partial charge in [0.1, 0.15) is 5.82 Å². The van der Waals surface area contributed by atoms with Crippen molar-refractivity contribution in [1.29, 1.82) is 0 Å². The van der Waals surface area contributed by atoms with Crippen molar-refractivity contribution < 1.29 is 4.74 Å². The number of rotatable bonds is 1. The third-order valence-corrected chi connectivity index (χ3v) is 4.16. The summed E-state index contributed by atoms with van der Waals surface area (Å²) in [6, 6.07) is 0. The van der Waals surface area contributed by atoms with Gasteiger partial charge < -0.3 is 15.4 Å². The maximum absolute atomic E-state index is 5.97. The summed E-state index contributed by atoms with van der Waals surface area (Å²) in [6.07, 6.45) is 0.763. The lowest BCUT2D eigenvalue weighted by molar-refractivity contribution is 0.122. The molecule has 17 heavy (non-hydrogen) atoms. The van der Waals surface area contributed by atoms with Gasteiger partial charge in [-0.2, -0.15) is 4.98 Å². The van der Waals surface area contributed by atoms with Crippen LogP contribution in [0.4, 0.5) is 5.82 Å². The van der Waals surface area contributed by atoms with E-state index in [9.17, 15) is 0 Å². The third-order valence-electron chi connectivity index (χ3n) is 2.86. The maximum atomic E-state index is 5.97. The highest BCUT2D eigenvalue weighted by molar-refractivity contribution is 8.00. The summed E-state index contributed by atoms with van der Waals surface area (Å²) in [4.78, 5) is 11.9. The van der Waals surface area contributed by atoms with E-state index in [1.165, 1.54) is 0 Å². The van der Waals surface area contributed by atoms with E-state index in [-0.39, 0.29) is 5.37 Å². The Kier molecular flexibility index (Phi) is 3.12. The Bertz CT molecular complexity index is 439. The SMILES string of the molecule is NC1Cc2nc(Cl)nc(N3CCOCC3)c2S1. The average Bonchev–Trinajstić information content (AvgIpc) is 2.69. The second-order valence-electron chi connectivity index (χ2n) is 4.05. The number of aromatic nitrogens is 2. The van der Waals surface area contributed by atoms with Crippen molar-refractivity contribution in [3.63, 3.8) is 0 Å². The number of hydrogen-bond acceptors (Lipinski definition) is 6. The molecule has 1 aromatic heterocycles. The Morgan fingerprint density at radius 2 is 2.12 bits per heavy atom. The van der Waals surface area contributed by atoms with E-state index in [0.717, 1.165) is 49.1 Å². The van der Waals surface area contributed by atoms with Gasteiger partial charge in [-0.05, 0) is 11.6 Å². The van der Waals surface area contributed by atoms with Gasteiger partial charge in [-0.1, -0.05) is 0 Å². The van der Waals surface area contributed by atoms with Gasteiger partial charge >= 0.3 is 0 Å². The van der Waals surface area contributed by atoms with Gasteiger partial charge in [-0.15, -0.1) is 11.8 Å². The van der Waals surface area contributed by atoms with E-state index in [2.05, 4.69) is 14.9 Å². The fourth-order valence-electron chi connectivity index (χ4n) is 2.09. The van der Waals surface area contributed by atoms with E-state index in [1.807, 2.05) is 0 Å². The molecule has 2 N–H and O–H groups in total. The Labute approximate surface area is 109 Å². The van der Waals surface area contributed by atoms with Gasteiger partial charge in [0.2, 0.25) is 5.28 Å². The number of ether oxygens (including phenoxy) is 1. The van der Waals surface area contributed by atoms with Crippen LogP contribution in [0.3, 0.4) is 0 Å². The molecule has 1 unspecified atom stereocenters. The first-order chi connectivity index (χ1) is 8.24. The highest BCUT2D eigenvalue weighted by Crippen LogP contribution is 2.40. The molecule has 2 aliphatic heterocycles. The minimum atomic E-state index is 0.0672. The summed E-state index contributed by atoms with van der Waals surface area (Å²) in [7, 11) is 0. The molecule has 5 nitrogen and oxygen atoms in total. The van der Waals surface area contributed by atoms with Crippen molar-refractivity contribution in [2.45, 2.75) is 16.7 Å². The number of nitrogens with two attached hydrogens (primary N) is 1. The molecule has 1 aromatic rings. The molecule has 0 aliphatic carbocycles. The summed E-state index contributed by atoms with van der Waals surface area (Å²) in [5, 5.41) is 0.373. The van der Waals surface area contributed by atoms with Crippen LogP contribution in [0.2, 0.25) is 5.28 Å². The fourth-order valence-corrected chi connectivity index (χ4v) is 3.36. The number of thioether (sulfide) groups is 1. The fraction of sp³-hybridized carbons (Fsp3) is 0.600. The van der Waals surface area contributed by atoms with E-state index < -0.39 is 0 Å². The molecule has 3 heterocycles. The molecule has 92 valence electrons. The maximum Gasteiger partial charge on any atom is 0.224 e. The summed E-state index contributed by atoms with van der Waals surface area (Å²) >= 11 is 7.60. The van der Waals surface area contributed by atoms with Gasteiger partial charge in [0, 0.05) is 19.5 Å². The highest BCUT2D eigenvalue weighted by atomic mass is 35.5. The second kappa shape index (κ2) is 4.61. The third kappa shape index (κ3) is 2.22. The van der Waals surface area contributed by atoms with Gasteiger partial charge in [0.15, 0.2) is 0 Å². The molecular weight excluding hydrogens is 260 g/mol. The monoisotopic (exact) mass is 272 g/mol. The summed E-state index contributed by atoms with van der Waals surface area (Å²) in [5.41, 5.74) is 6.92. The predicted octanol–water partition coefficient (Wildman–Crippen LogP) is 0.900. The predicted molar refractivity (Wildman–Crippen MR) is 67.6 cm³/mol. The molecule has 0 aromatic carbocycles. The molecule has 1 saturated heterocycles. The first-order valence-electron chi connectivity index (χ1n) is 5.55. The van der Waals surface area contributed by atoms with Gasteiger partial charge in [-0.25, -0.2) is 4.98 Å². The normalized spacial score (nSPS) is 23.9. The van der Waals surface area contributed by atoms with E-state index >= 15 is 0 Å². The van der Waals surface area contributed by atoms with E-state index in [1.54, 1.807) is 11.8 Å². The minimum absolute atomic E-state index is 0.0672. The Morgan fingerprint density at radius 3 is 2.88 bits per heavy atom. The topological polar surface area (TPSA) is 64.3 Å². The van der Waals surface area contributed by atoms with Crippen LogP contribution >= 0.6 is 23.4 Å². The summed E-state index contributed by atoms with van der Waals surface area (Å²) < 4.78 is 5.34. The first kappa shape index (κ1) is 11.5. The molecular formula is C10H13ClN4OS. The summed E-state index contributed by atoms with van der Waals surface area (Å²) in [5.74, 6) is 0.918. The van der Waals surface area contributed by atoms with Crippen LogP contribution in [0.5, 0.6) is 0 Å². The Morgan fingerprint density at radius 1 is 1.35 bits per heavy atom. The number of anilines is 1. The number of hydrogen-bond donors (Lipinski definition) is 1. The van der Waals surface area contributed by atoms with Crippen LogP contribution in [0.25, 0.3) is 0 Å². The largest absolute Gasteiger partial charge is 0.378 e. The number of fused-ring (bicyclic) bond motifs is 1. The molecule has 1 atom stereocenters. The molecule has 1 fully saturated rings. The van der Waals surface area contributed by atoms with Crippen molar-refractivity contribution in [2.75, 3.05) is 31.2 Å². The summed E-state index contributed by atoms with van der Waals surface area (Å²) in [6.45, 7) is 3.14. The Balaban J connectivity index is 1.98. The van der Waals surface area contributed by atoms with Crippen LogP contribution in [0, 0.1) is 0 Å². The average molecular weight is 273 g/mol. The molecule has 0 radical (unpaired) electrons. The molecule has 7 heteroatoms. The lowest BCUT2D eigenvalue weighted by atomic mass is 10.3. The molecule has 2 aliphatic rings. The van der Waals surface area contributed by atoms with Gasteiger partial charge in [0.05, 0.1) is 29.2 Å². The van der Waals surface area contributed by atoms with Crippen molar-refractivity contribution in [2.24, 2.45) is 5.73 Å². The molecule has 0 amide bonds. The smallest absolute Gasteiger partial charge is 0.224 e. The standard InChI is InChI=1S/C10H13ClN4OS/c11-10-13-6-5-7(12)17-8(6)9(14-10)15-1-3-16-4-2-15/h7H,1-5,12H2.